The molecule has 0 saturated heterocycles. The number of hydrogen-bond donors (Lipinski definition) is 4. The molecule has 9 nitrogen and oxygen atoms in total. The maximum Gasteiger partial charge on any atom is 0.394 e. The minimum Gasteiger partial charge on any atom is -0.493 e. The van der Waals surface area contributed by atoms with Crippen molar-refractivity contribution in [2.45, 2.75) is 0 Å². The Bertz CT molecular complexity index is 1070. The van der Waals surface area contributed by atoms with Crippen LogP contribution in [0, 0.1) is 0 Å². The van der Waals surface area contributed by atoms with Crippen molar-refractivity contribution in [3.05, 3.63) is 72.8 Å². The van der Waals surface area contributed by atoms with Gasteiger partial charge in [-0.2, -0.15) is 8.42 Å². The van der Waals surface area contributed by atoms with E-state index in [0.29, 0.717) is 0 Å². The topological polar surface area (TPSA) is 172 Å². The molecule has 2 aromatic carbocycles. The number of nitrogens with zero attached hydrogens (tertiary/aromatic N) is 2. The lowest BCUT2D eigenvalue weighted by atomic mass is 10.2. The zero-order chi connectivity index (χ0) is 19.9. The van der Waals surface area contributed by atoms with Crippen LogP contribution in [-0.2, 0) is 10.4 Å². The molecule has 0 unspecified atom stereocenters. The van der Waals surface area contributed by atoms with E-state index in [1.165, 1.54) is 0 Å². The summed E-state index contributed by atoms with van der Waals surface area (Å²) in [5.74, 6) is 0.146. The second-order valence-electron chi connectivity index (χ2n) is 5.17. The van der Waals surface area contributed by atoms with Gasteiger partial charge in [0.25, 0.3) is 0 Å². The summed E-state index contributed by atoms with van der Waals surface area (Å²) in [7, 11) is -4.67. The lowest BCUT2D eigenvalue weighted by Gasteiger charge is -1.95. The summed E-state index contributed by atoms with van der Waals surface area (Å²) in [6.45, 7) is 0. The molecular weight excluding hydrogens is 388 g/mol. The van der Waals surface area contributed by atoms with E-state index in [9.17, 15) is 0 Å². The van der Waals surface area contributed by atoms with Crippen molar-refractivity contribution in [2.75, 3.05) is 0 Å². The summed E-state index contributed by atoms with van der Waals surface area (Å²) in [4.78, 5) is 7.86. The maximum absolute atomic E-state index is 9.02. The molecule has 6 N–H and O–H groups in total. The Morgan fingerprint density at radius 1 is 0.607 bits per heavy atom. The van der Waals surface area contributed by atoms with Crippen LogP contribution in [0.15, 0.2) is 72.8 Å². The lowest BCUT2D eigenvalue weighted by Crippen LogP contribution is -1.89. The van der Waals surface area contributed by atoms with Crippen LogP contribution in [-0.4, -0.2) is 43.2 Å². The second kappa shape index (κ2) is 10.1. The molecule has 2 heterocycles. The summed E-state index contributed by atoms with van der Waals surface area (Å²) in [6, 6.07) is 22.2. The monoisotopic (exact) mass is 406 g/mol. The molecule has 0 radical (unpaired) electrons. The number of para-hydroxylation sites is 2. The van der Waals surface area contributed by atoms with E-state index in [2.05, 4.69) is 9.97 Å². The number of fused-ring (bicyclic) bond motifs is 2. The van der Waals surface area contributed by atoms with Gasteiger partial charge in [0, 0.05) is 22.9 Å². The lowest BCUT2D eigenvalue weighted by molar-refractivity contribution is 0.381. The third kappa shape index (κ3) is 7.93. The molecule has 0 spiro atoms. The quantitative estimate of drug-likeness (QED) is 0.322. The predicted octanol–water partition coefficient (Wildman–Crippen LogP) is 2.40. The molecule has 0 aliphatic rings. The number of pyridine rings is 2. The third-order valence-electron chi connectivity index (χ3n) is 3.17. The summed E-state index contributed by atoms with van der Waals surface area (Å²) in [5.41, 5.74) is 1.65. The standard InChI is InChI=1S/2C9H7NO.H2O4S.H2O/c2*11-9-6-5-7-3-1-2-4-8(7)10-9;1-5(2,3)4;/h2*1-6H,(H,10,11);(H2,1,2,3,4);1H2. The van der Waals surface area contributed by atoms with Crippen LogP contribution in [0.25, 0.3) is 21.8 Å². The second-order valence-corrected chi connectivity index (χ2v) is 6.07. The summed E-state index contributed by atoms with van der Waals surface area (Å²) < 4.78 is 31.6. The van der Waals surface area contributed by atoms with Crippen LogP contribution in [0.5, 0.6) is 11.8 Å². The Labute approximate surface area is 160 Å². The Kier molecular flexibility index (Phi) is 8.23. The van der Waals surface area contributed by atoms with Crippen molar-refractivity contribution < 1.29 is 33.2 Å². The molecular formula is C18H18N2O7S. The SMILES string of the molecule is O.O=S(=O)(O)O.Oc1ccc2ccccc2n1.Oc1ccc2ccccc2n1. The molecule has 0 saturated carbocycles. The van der Waals surface area contributed by atoms with E-state index in [0.717, 1.165) is 21.8 Å². The van der Waals surface area contributed by atoms with Gasteiger partial charge in [0.05, 0.1) is 11.0 Å². The van der Waals surface area contributed by atoms with Crippen molar-refractivity contribution in [3.63, 3.8) is 0 Å². The van der Waals surface area contributed by atoms with E-state index >= 15 is 0 Å². The van der Waals surface area contributed by atoms with E-state index in [4.69, 9.17) is 27.7 Å². The average Bonchev–Trinajstić information content (AvgIpc) is 2.60. The highest BCUT2D eigenvalue weighted by molar-refractivity contribution is 7.79. The van der Waals surface area contributed by atoms with Gasteiger partial charge in [0.2, 0.25) is 11.8 Å². The average molecular weight is 406 g/mol. The van der Waals surface area contributed by atoms with E-state index in [1.807, 2.05) is 60.7 Å². The molecule has 0 amide bonds. The number of rotatable bonds is 0. The fourth-order valence-corrected chi connectivity index (χ4v) is 2.11. The van der Waals surface area contributed by atoms with Gasteiger partial charge in [0.15, 0.2) is 0 Å². The first-order valence-electron chi connectivity index (χ1n) is 7.52. The fraction of sp³-hybridized carbons (Fsp3) is 0. The minimum absolute atomic E-state index is 0. The highest BCUT2D eigenvalue weighted by Gasteiger charge is 1.93. The summed E-state index contributed by atoms with van der Waals surface area (Å²) in [5, 5.41) is 20.1. The van der Waals surface area contributed by atoms with Crippen LogP contribution in [0.4, 0.5) is 0 Å². The highest BCUT2D eigenvalue weighted by Crippen LogP contribution is 2.15. The van der Waals surface area contributed by atoms with Crippen molar-refractivity contribution in [2.24, 2.45) is 0 Å². The van der Waals surface area contributed by atoms with Crippen LogP contribution in [0.2, 0.25) is 0 Å². The Morgan fingerprint density at radius 2 is 0.929 bits per heavy atom. The molecule has 4 rings (SSSR count). The molecule has 28 heavy (non-hydrogen) atoms. The molecule has 0 bridgehead atoms. The summed E-state index contributed by atoms with van der Waals surface area (Å²) in [6.07, 6.45) is 0. The van der Waals surface area contributed by atoms with Gasteiger partial charge in [-0.25, -0.2) is 9.97 Å². The van der Waals surface area contributed by atoms with Crippen molar-refractivity contribution in [1.29, 1.82) is 0 Å². The highest BCUT2D eigenvalue weighted by atomic mass is 32.3. The molecule has 0 atom stereocenters. The Morgan fingerprint density at radius 3 is 1.29 bits per heavy atom. The molecule has 4 aromatic rings. The zero-order valence-corrected chi connectivity index (χ0v) is 15.2. The zero-order valence-electron chi connectivity index (χ0n) is 14.3. The summed E-state index contributed by atoms with van der Waals surface area (Å²) >= 11 is 0. The minimum atomic E-state index is -4.67. The molecule has 0 aliphatic heterocycles. The van der Waals surface area contributed by atoms with Gasteiger partial charge in [-0.3, -0.25) is 9.11 Å². The van der Waals surface area contributed by atoms with Gasteiger partial charge in [0.1, 0.15) is 0 Å². The smallest absolute Gasteiger partial charge is 0.394 e. The molecule has 0 fully saturated rings. The van der Waals surface area contributed by atoms with Crippen LogP contribution in [0.1, 0.15) is 0 Å². The predicted molar refractivity (Wildman–Crippen MR) is 105 cm³/mol. The first kappa shape index (κ1) is 22.7. The largest absolute Gasteiger partial charge is 0.493 e. The van der Waals surface area contributed by atoms with Crippen LogP contribution >= 0.6 is 0 Å². The number of hydrogen-bond acceptors (Lipinski definition) is 6. The van der Waals surface area contributed by atoms with Gasteiger partial charge in [-0.15, -0.1) is 0 Å². The van der Waals surface area contributed by atoms with Crippen LogP contribution < -0.4 is 0 Å². The van der Waals surface area contributed by atoms with Crippen molar-refractivity contribution in [1.82, 2.24) is 9.97 Å². The van der Waals surface area contributed by atoms with E-state index in [1.54, 1.807) is 12.1 Å². The van der Waals surface area contributed by atoms with Crippen molar-refractivity contribution >= 4 is 32.2 Å². The first-order valence-corrected chi connectivity index (χ1v) is 8.91. The van der Waals surface area contributed by atoms with E-state index in [-0.39, 0.29) is 17.2 Å². The van der Waals surface area contributed by atoms with Gasteiger partial charge < -0.3 is 15.7 Å². The first-order chi connectivity index (χ1) is 12.7. The third-order valence-corrected chi connectivity index (χ3v) is 3.17. The van der Waals surface area contributed by atoms with Gasteiger partial charge in [-0.1, -0.05) is 36.4 Å². The van der Waals surface area contributed by atoms with Gasteiger partial charge in [-0.05, 0) is 24.3 Å². The van der Waals surface area contributed by atoms with Crippen molar-refractivity contribution in [3.8, 4) is 11.8 Å². The fourth-order valence-electron chi connectivity index (χ4n) is 2.11. The Balaban J connectivity index is 0.000000222. The van der Waals surface area contributed by atoms with Crippen LogP contribution in [0.3, 0.4) is 0 Å². The van der Waals surface area contributed by atoms with E-state index < -0.39 is 10.4 Å². The normalized spacial score (nSPS) is 10.1. The van der Waals surface area contributed by atoms with Gasteiger partial charge >= 0.3 is 10.4 Å². The molecule has 10 heteroatoms. The maximum atomic E-state index is 9.02. The molecule has 2 aromatic heterocycles. The molecule has 148 valence electrons. The number of benzene rings is 2. The number of aromatic hydroxyl groups is 2. The number of aromatic nitrogens is 2. The molecule has 0 aliphatic carbocycles. The Hall–Kier alpha value is -3.31.